The van der Waals surface area contributed by atoms with Crippen LogP contribution in [0.3, 0.4) is 0 Å². The van der Waals surface area contributed by atoms with Crippen LogP contribution in [0.15, 0.2) is 0 Å². The number of ketones is 1. The van der Waals surface area contributed by atoms with Gasteiger partial charge >= 0.3 is 0 Å². The first-order valence-electron chi connectivity index (χ1n) is 6.19. The molecule has 1 aromatic rings. The summed E-state index contributed by atoms with van der Waals surface area (Å²) in [7, 11) is 0. The van der Waals surface area contributed by atoms with E-state index in [0.717, 1.165) is 29.8 Å². The topological polar surface area (TPSA) is 55.1 Å². The van der Waals surface area contributed by atoms with Gasteiger partial charge < -0.3 is 5.11 Å². The van der Waals surface area contributed by atoms with E-state index in [1.54, 1.807) is 0 Å². The van der Waals surface area contributed by atoms with Crippen LogP contribution < -0.4 is 0 Å². The van der Waals surface area contributed by atoms with Gasteiger partial charge in [-0.1, -0.05) is 20.8 Å². The number of nitrogens with zero attached hydrogens (tertiary/aromatic N) is 2. The van der Waals surface area contributed by atoms with Gasteiger partial charge in [-0.15, -0.1) is 0 Å². The number of carbonyl (C=O) groups excluding carboxylic acids is 1. The van der Waals surface area contributed by atoms with Crippen LogP contribution in [0.2, 0.25) is 0 Å². The molecule has 4 nitrogen and oxygen atoms in total. The van der Waals surface area contributed by atoms with E-state index in [-0.39, 0.29) is 17.8 Å². The number of aromatic nitrogens is 2. The van der Waals surface area contributed by atoms with E-state index in [1.165, 1.54) is 0 Å². The number of hydrogen-bond donors (Lipinski definition) is 1. The molecule has 1 aliphatic rings. The molecule has 4 heteroatoms. The molecule has 0 unspecified atom stereocenters. The molecule has 0 atom stereocenters. The molecule has 0 amide bonds. The Labute approximate surface area is 102 Å². The minimum Gasteiger partial charge on any atom is -0.394 e. The largest absolute Gasteiger partial charge is 0.394 e. The van der Waals surface area contributed by atoms with Crippen LogP contribution in [0.1, 0.15) is 55.4 Å². The second-order valence-electron chi connectivity index (χ2n) is 5.64. The van der Waals surface area contributed by atoms with Crippen LogP contribution in [0.4, 0.5) is 0 Å². The lowest BCUT2D eigenvalue weighted by atomic mass is 9.84. The summed E-state index contributed by atoms with van der Waals surface area (Å²) in [4.78, 5) is 12.1. The molecule has 0 bridgehead atoms. The summed E-state index contributed by atoms with van der Waals surface area (Å²) in [6.45, 7) is 6.75. The molecular formula is C13H20N2O2. The zero-order valence-electron chi connectivity index (χ0n) is 10.8. The van der Waals surface area contributed by atoms with Crippen LogP contribution in [0.5, 0.6) is 0 Å². The highest BCUT2D eigenvalue weighted by atomic mass is 16.3. The smallest absolute Gasteiger partial charge is 0.166 e. The molecule has 0 radical (unpaired) electrons. The van der Waals surface area contributed by atoms with Crippen LogP contribution in [-0.2, 0) is 18.4 Å². The third kappa shape index (κ3) is 2.14. The maximum Gasteiger partial charge on any atom is 0.166 e. The van der Waals surface area contributed by atoms with Gasteiger partial charge in [0.05, 0.1) is 24.4 Å². The second-order valence-corrected chi connectivity index (χ2v) is 5.64. The van der Waals surface area contributed by atoms with Gasteiger partial charge in [0.15, 0.2) is 5.78 Å². The maximum atomic E-state index is 12.1. The van der Waals surface area contributed by atoms with Gasteiger partial charge in [0.1, 0.15) is 0 Å². The lowest BCUT2D eigenvalue weighted by Crippen LogP contribution is -2.19. The molecular weight excluding hydrogens is 216 g/mol. The van der Waals surface area contributed by atoms with Crippen LogP contribution in [0, 0.1) is 0 Å². The monoisotopic (exact) mass is 236 g/mol. The first kappa shape index (κ1) is 12.3. The number of hydrogen-bond acceptors (Lipinski definition) is 3. The Morgan fingerprint density at radius 1 is 1.35 bits per heavy atom. The van der Waals surface area contributed by atoms with Crippen LogP contribution in [0.25, 0.3) is 0 Å². The first-order chi connectivity index (χ1) is 7.95. The van der Waals surface area contributed by atoms with Gasteiger partial charge in [0.25, 0.3) is 0 Å². The molecule has 0 saturated carbocycles. The molecule has 1 aliphatic carbocycles. The Bertz CT molecular complexity index is 441. The van der Waals surface area contributed by atoms with E-state index in [9.17, 15) is 4.79 Å². The lowest BCUT2D eigenvalue weighted by Gasteiger charge is -2.19. The molecule has 0 aromatic carbocycles. The van der Waals surface area contributed by atoms with Crippen LogP contribution in [-0.4, -0.2) is 27.3 Å². The number of aliphatic hydroxyl groups is 1. The van der Waals surface area contributed by atoms with Gasteiger partial charge in [-0.2, -0.15) is 5.10 Å². The normalized spacial score (nSPS) is 16.1. The van der Waals surface area contributed by atoms with Crippen molar-refractivity contribution in [3.8, 4) is 0 Å². The van der Waals surface area contributed by atoms with E-state index in [2.05, 4.69) is 25.9 Å². The molecule has 0 fully saturated rings. The van der Waals surface area contributed by atoms with Crippen molar-refractivity contribution in [2.24, 2.45) is 0 Å². The Hall–Kier alpha value is -1.16. The van der Waals surface area contributed by atoms with Gasteiger partial charge in [-0.25, -0.2) is 0 Å². The van der Waals surface area contributed by atoms with Crippen molar-refractivity contribution in [1.82, 2.24) is 9.78 Å². The molecule has 1 N–H and O–H groups in total. The zero-order chi connectivity index (χ0) is 12.6. The fourth-order valence-electron chi connectivity index (χ4n) is 2.39. The van der Waals surface area contributed by atoms with Crippen molar-refractivity contribution < 1.29 is 9.90 Å². The molecule has 2 rings (SSSR count). The summed E-state index contributed by atoms with van der Waals surface area (Å²) in [6.07, 6.45) is 2.41. The minimum atomic E-state index is -0.127. The number of fused-ring (bicyclic) bond motifs is 1. The minimum absolute atomic E-state index is 0.0614. The maximum absolute atomic E-state index is 12.1. The summed E-state index contributed by atoms with van der Waals surface area (Å²) >= 11 is 0. The fraction of sp³-hybridized carbons (Fsp3) is 0.692. The third-order valence-corrected chi connectivity index (χ3v) is 3.18. The van der Waals surface area contributed by atoms with Crippen molar-refractivity contribution in [3.63, 3.8) is 0 Å². The molecule has 94 valence electrons. The molecule has 0 aliphatic heterocycles. The highest BCUT2D eigenvalue weighted by Crippen LogP contribution is 2.31. The second kappa shape index (κ2) is 4.26. The number of carbonyl (C=O) groups is 1. The quantitative estimate of drug-likeness (QED) is 0.850. The summed E-state index contributed by atoms with van der Waals surface area (Å²) < 4.78 is 1.81. The standard InChI is InChI=1S/C13H20N2O2/c1-13(2,3)12-11-9(5-4-6-10(11)17)15(14-12)7-8-16/h16H,4-8H2,1-3H3. The van der Waals surface area contributed by atoms with E-state index < -0.39 is 0 Å². The first-order valence-corrected chi connectivity index (χ1v) is 6.19. The van der Waals surface area contributed by atoms with E-state index >= 15 is 0 Å². The summed E-state index contributed by atoms with van der Waals surface area (Å²) in [6, 6.07) is 0. The third-order valence-electron chi connectivity index (χ3n) is 3.18. The molecule has 1 aromatic heterocycles. The number of Topliss-reactive ketones (excluding diaryl/α,β-unsaturated/α-hetero) is 1. The van der Waals surface area contributed by atoms with Gasteiger partial charge in [0, 0.05) is 17.5 Å². The van der Waals surface area contributed by atoms with E-state index in [0.29, 0.717) is 13.0 Å². The zero-order valence-corrected chi connectivity index (χ0v) is 10.8. The predicted molar refractivity (Wildman–Crippen MR) is 65.3 cm³/mol. The van der Waals surface area contributed by atoms with Gasteiger partial charge in [0.2, 0.25) is 0 Å². The molecule has 17 heavy (non-hydrogen) atoms. The number of rotatable bonds is 2. The molecule has 1 heterocycles. The van der Waals surface area contributed by atoms with Crippen molar-refractivity contribution >= 4 is 5.78 Å². The van der Waals surface area contributed by atoms with Gasteiger partial charge in [-0.3, -0.25) is 9.48 Å². The predicted octanol–water partition coefficient (Wildman–Crippen LogP) is 1.69. The Kier molecular flexibility index (Phi) is 3.08. The van der Waals surface area contributed by atoms with Crippen molar-refractivity contribution in [3.05, 3.63) is 17.0 Å². The van der Waals surface area contributed by atoms with E-state index in [1.807, 2.05) is 4.68 Å². The highest BCUT2D eigenvalue weighted by molar-refractivity contribution is 5.99. The fourth-order valence-corrected chi connectivity index (χ4v) is 2.39. The Morgan fingerprint density at radius 3 is 2.65 bits per heavy atom. The summed E-state index contributed by atoms with van der Waals surface area (Å²) in [5.41, 5.74) is 2.58. The average molecular weight is 236 g/mol. The van der Waals surface area contributed by atoms with Crippen molar-refractivity contribution in [2.45, 2.75) is 52.0 Å². The number of aliphatic hydroxyl groups excluding tert-OH is 1. The van der Waals surface area contributed by atoms with Gasteiger partial charge in [-0.05, 0) is 12.8 Å². The Balaban J connectivity index is 2.57. The summed E-state index contributed by atoms with van der Waals surface area (Å²) in [5.74, 6) is 0.209. The highest BCUT2D eigenvalue weighted by Gasteiger charge is 2.32. The molecule has 0 spiro atoms. The van der Waals surface area contributed by atoms with Crippen molar-refractivity contribution in [2.75, 3.05) is 6.61 Å². The average Bonchev–Trinajstić information content (AvgIpc) is 2.59. The lowest BCUT2D eigenvalue weighted by molar-refractivity contribution is 0.0969. The van der Waals surface area contributed by atoms with E-state index in [4.69, 9.17) is 5.11 Å². The SMILES string of the molecule is CC(C)(C)c1nn(CCO)c2c1C(=O)CCC2. The van der Waals surface area contributed by atoms with Crippen LogP contribution >= 0.6 is 0 Å². The van der Waals surface area contributed by atoms with Crippen molar-refractivity contribution in [1.29, 1.82) is 0 Å². The Morgan fingerprint density at radius 2 is 2.06 bits per heavy atom. The molecule has 0 saturated heterocycles. The summed E-state index contributed by atoms with van der Waals surface area (Å²) in [5, 5.41) is 13.6.